The Morgan fingerprint density at radius 3 is 2.62 bits per heavy atom. The third kappa shape index (κ3) is 4.51. The number of methoxy groups -OCH3 is 1. The van der Waals surface area contributed by atoms with Crippen LogP contribution in [0.1, 0.15) is 39.0 Å². The summed E-state index contributed by atoms with van der Waals surface area (Å²) >= 11 is 0. The second-order valence-corrected chi connectivity index (χ2v) is 5.98. The third-order valence-electron chi connectivity index (χ3n) is 4.40. The van der Waals surface area contributed by atoms with Gasteiger partial charge in [0, 0.05) is 32.2 Å². The number of hydrogen-bond donors (Lipinski definition) is 2. The molecule has 1 aliphatic carbocycles. The van der Waals surface area contributed by atoms with E-state index >= 15 is 0 Å². The van der Waals surface area contributed by atoms with Gasteiger partial charge < -0.3 is 20.3 Å². The van der Waals surface area contributed by atoms with E-state index in [9.17, 15) is 4.79 Å². The highest BCUT2D eigenvalue weighted by molar-refractivity contribution is 5.80. The lowest BCUT2D eigenvalue weighted by Crippen LogP contribution is -2.50. The molecule has 0 spiro atoms. The SMILES string of the molecule is CCCC1CC1NC(=NC)NC1CCN(C(=O)OC)CC1. The van der Waals surface area contributed by atoms with Crippen LogP contribution in [0.4, 0.5) is 4.79 Å². The summed E-state index contributed by atoms with van der Waals surface area (Å²) in [5.74, 6) is 1.71. The van der Waals surface area contributed by atoms with Crippen molar-refractivity contribution >= 4 is 12.1 Å². The summed E-state index contributed by atoms with van der Waals surface area (Å²) in [6.07, 6.45) is 5.44. The van der Waals surface area contributed by atoms with Crippen LogP contribution in [0.15, 0.2) is 4.99 Å². The van der Waals surface area contributed by atoms with E-state index < -0.39 is 0 Å². The number of rotatable bonds is 4. The number of hydrogen-bond acceptors (Lipinski definition) is 3. The molecule has 120 valence electrons. The third-order valence-corrected chi connectivity index (χ3v) is 4.40. The van der Waals surface area contributed by atoms with Crippen molar-refractivity contribution in [2.75, 3.05) is 27.2 Å². The Kier molecular flexibility index (Phi) is 5.70. The number of aliphatic imine (C=N–C) groups is 1. The van der Waals surface area contributed by atoms with Crippen LogP contribution in [-0.4, -0.2) is 56.3 Å². The van der Waals surface area contributed by atoms with Gasteiger partial charge in [0.25, 0.3) is 0 Å². The molecule has 2 N–H and O–H groups in total. The molecule has 1 amide bonds. The number of piperidine rings is 1. The quantitative estimate of drug-likeness (QED) is 0.610. The molecule has 1 heterocycles. The smallest absolute Gasteiger partial charge is 0.409 e. The molecular formula is C15H28N4O2. The van der Waals surface area contributed by atoms with E-state index in [-0.39, 0.29) is 6.09 Å². The van der Waals surface area contributed by atoms with E-state index in [4.69, 9.17) is 4.74 Å². The number of nitrogens with one attached hydrogen (secondary N) is 2. The van der Waals surface area contributed by atoms with Crippen molar-refractivity contribution in [3.63, 3.8) is 0 Å². The van der Waals surface area contributed by atoms with Gasteiger partial charge in [-0.1, -0.05) is 13.3 Å². The number of carbonyl (C=O) groups is 1. The van der Waals surface area contributed by atoms with Crippen molar-refractivity contribution in [1.29, 1.82) is 0 Å². The molecule has 0 aromatic rings. The molecule has 2 fully saturated rings. The van der Waals surface area contributed by atoms with E-state index in [0.717, 1.165) is 37.8 Å². The van der Waals surface area contributed by atoms with Crippen LogP contribution >= 0.6 is 0 Å². The number of likely N-dealkylation sites (tertiary alicyclic amines) is 1. The van der Waals surface area contributed by atoms with Gasteiger partial charge in [-0.3, -0.25) is 4.99 Å². The zero-order valence-electron chi connectivity index (χ0n) is 13.4. The fourth-order valence-corrected chi connectivity index (χ4v) is 2.99. The predicted octanol–water partition coefficient (Wildman–Crippen LogP) is 1.57. The van der Waals surface area contributed by atoms with Crippen molar-refractivity contribution in [2.45, 2.75) is 51.1 Å². The molecule has 0 radical (unpaired) electrons. The largest absolute Gasteiger partial charge is 0.453 e. The summed E-state index contributed by atoms with van der Waals surface area (Å²) in [5, 5.41) is 6.98. The lowest BCUT2D eigenvalue weighted by Gasteiger charge is -2.32. The lowest BCUT2D eigenvalue weighted by molar-refractivity contribution is 0.111. The number of nitrogens with zero attached hydrogens (tertiary/aromatic N) is 2. The minimum atomic E-state index is -0.226. The summed E-state index contributed by atoms with van der Waals surface area (Å²) in [7, 11) is 3.25. The lowest BCUT2D eigenvalue weighted by atomic mass is 10.1. The molecule has 1 aliphatic heterocycles. The molecule has 21 heavy (non-hydrogen) atoms. The van der Waals surface area contributed by atoms with Crippen LogP contribution in [0.5, 0.6) is 0 Å². The molecule has 0 bridgehead atoms. The van der Waals surface area contributed by atoms with E-state index in [1.54, 1.807) is 4.90 Å². The Morgan fingerprint density at radius 1 is 1.33 bits per heavy atom. The monoisotopic (exact) mass is 296 g/mol. The second kappa shape index (κ2) is 7.52. The van der Waals surface area contributed by atoms with Crippen LogP contribution in [0.2, 0.25) is 0 Å². The zero-order valence-corrected chi connectivity index (χ0v) is 13.4. The molecule has 2 unspecified atom stereocenters. The van der Waals surface area contributed by atoms with Crippen LogP contribution in [0, 0.1) is 5.92 Å². The van der Waals surface area contributed by atoms with Gasteiger partial charge in [-0.05, 0) is 31.6 Å². The van der Waals surface area contributed by atoms with Gasteiger partial charge in [0.1, 0.15) is 0 Å². The average Bonchev–Trinajstić information content (AvgIpc) is 3.24. The molecule has 0 aromatic carbocycles. The molecule has 6 nitrogen and oxygen atoms in total. The first-order valence-corrected chi connectivity index (χ1v) is 8.00. The summed E-state index contributed by atoms with van der Waals surface area (Å²) in [6, 6.07) is 0.965. The van der Waals surface area contributed by atoms with Crippen LogP contribution < -0.4 is 10.6 Å². The van der Waals surface area contributed by atoms with Crippen molar-refractivity contribution in [3.8, 4) is 0 Å². The Bertz CT molecular complexity index is 378. The highest BCUT2D eigenvalue weighted by Crippen LogP contribution is 2.34. The van der Waals surface area contributed by atoms with Gasteiger partial charge in [-0.25, -0.2) is 4.79 Å². The van der Waals surface area contributed by atoms with E-state index in [1.165, 1.54) is 26.4 Å². The Hall–Kier alpha value is -1.46. The molecule has 2 atom stereocenters. The number of guanidine groups is 1. The van der Waals surface area contributed by atoms with Gasteiger partial charge >= 0.3 is 6.09 Å². The first kappa shape index (κ1) is 15.9. The molecular weight excluding hydrogens is 268 g/mol. The van der Waals surface area contributed by atoms with Gasteiger partial charge in [0.05, 0.1) is 7.11 Å². The summed E-state index contributed by atoms with van der Waals surface area (Å²) < 4.78 is 4.75. The first-order chi connectivity index (χ1) is 10.2. The number of amides is 1. The maximum atomic E-state index is 11.5. The summed E-state index contributed by atoms with van der Waals surface area (Å²) in [5.41, 5.74) is 0. The Morgan fingerprint density at radius 2 is 2.05 bits per heavy atom. The van der Waals surface area contributed by atoms with Crippen LogP contribution in [0.25, 0.3) is 0 Å². The van der Waals surface area contributed by atoms with E-state index in [2.05, 4.69) is 22.5 Å². The van der Waals surface area contributed by atoms with Crippen molar-refractivity contribution in [3.05, 3.63) is 0 Å². The van der Waals surface area contributed by atoms with Crippen LogP contribution in [0.3, 0.4) is 0 Å². The van der Waals surface area contributed by atoms with E-state index in [0.29, 0.717) is 12.1 Å². The zero-order chi connectivity index (χ0) is 15.2. The standard InChI is InChI=1S/C15H28N4O2/c1-4-5-11-10-13(11)18-14(16-2)17-12-6-8-19(9-7-12)15(20)21-3/h11-13H,4-10H2,1-3H3,(H2,16,17,18). The number of ether oxygens (including phenoxy) is 1. The Balaban J connectivity index is 1.70. The van der Waals surface area contributed by atoms with Gasteiger partial charge in [-0.15, -0.1) is 0 Å². The highest BCUT2D eigenvalue weighted by Gasteiger charge is 2.37. The van der Waals surface area contributed by atoms with Gasteiger partial charge in [-0.2, -0.15) is 0 Å². The number of carbonyl (C=O) groups excluding carboxylic acids is 1. The first-order valence-electron chi connectivity index (χ1n) is 8.00. The minimum Gasteiger partial charge on any atom is -0.453 e. The topological polar surface area (TPSA) is 66.0 Å². The molecule has 0 aromatic heterocycles. The molecule has 2 aliphatic rings. The summed E-state index contributed by atoms with van der Waals surface area (Å²) in [6.45, 7) is 3.71. The summed E-state index contributed by atoms with van der Waals surface area (Å²) in [4.78, 5) is 17.5. The van der Waals surface area contributed by atoms with Gasteiger partial charge in [0.15, 0.2) is 5.96 Å². The fourth-order valence-electron chi connectivity index (χ4n) is 2.99. The van der Waals surface area contributed by atoms with E-state index in [1.807, 2.05) is 7.05 Å². The fraction of sp³-hybridized carbons (Fsp3) is 0.867. The average molecular weight is 296 g/mol. The molecule has 1 saturated heterocycles. The maximum Gasteiger partial charge on any atom is 0.409 e. The minimum absolute atomic E-state index is 0.226. The molecule has 6 heteroatoms. The maximum absolute atomic E-state index is 11.5. The van der Waals surface area contributed by atoms with Crippen LogP contribution in [-0.2, 0) is 4.74 Å². The molecule has 1 saturated carbocycles. The Labute approximate surface area is 127 Å². The second-order valence-electron chi connectivity index (χ2n) is 5.98. The van der Waals surface area contributed by atoms with Crippen molar-refractivity contribution in [1.82, 2.24) is 15.5 Å². The normalized spacial score (nSPS) is 26.4. The predicted molar refractivity (Wildman–Crippen MR) is 83.4 cm³/mol. The molecule has 2 rings (SSSR count). The highest BCUT2D eigenvalue weighted by atomic mass is 16.5. The van der Waals surface area contributed by atoms with Crippen molar-refractivity contribution in [2.24, 2.45) is 10.9 Å². The van der Waals surface area contributed by atoms with Crippen molar-refractivity contribution < 1.29 is 9.53 Å². The van der Waals surface area contributed by atoms with Gasteiger partial charge in [0.2, 0.25) is 0 Å².